The zero-order chi connectivity index (χ0) is 20.8. The summed E-state index contributed by atoms with van der Waals surface area (Å²) < 4.78 is 1.71. The average Bonchev–Trinajstić information content (AvgIpc) is 3.43. The van der Waals surface area contributed by atoms with E-state index in [1.807, 2.05) is 18.3 Å². The third-order valence-corrected chi connectivity index (χ3v) is 6.76. The van der Waals surface area contributed by atoms with Crippen LogP contribution in [0.2, 0.25) is 0 Å². The van der Waals surface area contributed by atoms with Crippen LogP contribution < -0.4 is 10.2 Å². The third kappa shape index (κ3) is 3.14. The maximum Gasteiger partial charge on any atom is 0.245 e. The lowest BCUT2D eigenvalue weighted by Crippen LogP contribution is -2.51. The highest BCUT2D eigenvalue weighted by atomic mass is 15.3. The van der Waals surface area contributed by atoms with Crippen molar-refractivity contribution in [3.63, 3.8) is 0 Å². The van der Waals surface area contributed by atoms with Crippen molar-refractivity contribution in [2.45, 2.75) is 37.8 Å². The van der Waals surface area contributed by atoms with Crippen LogP contribution in [-0.4, -0.2) is 65.8 Å². The number of hydrogen-bond donors (Lipinski definition) is 2. The first-order chi connectivity index (χ1) is 15.3. The molecule has 7 rings (SSSR count). The first kappa shape index (κ1) is 18.4. The summed E-state index contributed by atoms with van der Waals surface area (Å²) in [7, 11) is 2.10. The van der Waals surface area contributed by atoms with Crippen LogP contribution in [0, 0.1) is 5.92 Å². The number of fused-ring (bicyclic) bond motifs is 5. The molecule has 4 aromatic rings. The van der Waals surface area contributed by atoms with Gasteiger partial charge in [0, 0.05) is 36.6 Å². The van der Waals surface area contributed by atoms with E-state index in [1.165, 1.54) is 25.6 Å². The van der Waals surface area contributed by atoms with Crippen LogP contribution in [0.15, 0.2) is 37.2 Å². The second-order valence-corrected chi connectivity index (χ2v) is 8.48. The van der Waals surface area contributed by atoms with Gasteiger partial charge in [0.1, 0.15) is 18.3 Å². The average molecular weight is 416 g/mol. The fourth-order valence-corrected chi connectivity index (χ4v) is 5.11. The topological polar surface area (TPSA) is 113 Å². The highest BCUT2D eigenvalue weighted by Gasteiger charge is 2.36. The van der Waals surface area contributed by atoms with E-state index in [0.717, 1.165) is 40.8 Å². The van der Waals surface area contributed by atoms with Crippen LogP contribution >= 0.6 is 0 Å². The van der Waals surface area contributed by atoms with E-state index in [-0.39, 0.29) is 0 Å². The van der Waals surface area contributed by atoms with E-state index >= 15 is 0 Å². The minimum Gasteiger partial charge on any atom is -0.339 e. The monoisotopic (exact) mass is 416 g/mol. The number of piperidine rings is 1. The highest BCUT2D eigenvalue weighted by molar-refractivity contribution is 5.97. The lowest BCUT2D eigenvalue weighted by atomic mass is 9.89. The van der Waals surface area contributed by atoms with Gasteiger partial charge in [-0.05, 0) is 37.3 Å². The molecule has 5 heterocycles. The molecular weight excluding hydrogens is 392 g/mol. The predicted molar refractivity (Wildman–Crippen MR) is 116 cm³/mol. The Kier molecular flexibility index (Phi) is 4.37. The van der Waals surface area contributed by atoms with E-state index in [1.54, 1.807) is 17.2 Å². The van der Waals surface area contributed by atoms with Crippen molar-refractivity contribution in [3.05, 3.63) is 37.2 Å². The van der Waals surface area contributed by atoms with Gasteiger partial charge in [-0.25, -0.2) is 14.6 Å². The molecule has 3 aromatic heterocycles. The van der Waals surface area contributed by atoms with Crippen molar-refractivity contribution in [2.75, 3.05) is 18.5 Å². The van der Waals surface area contributed by atoms with Gasteiger partial charge in [0.25, 0.3) is 0 Å². The highest BCUT2D eigenvalue weighted by Crippen LogP contribution is 2.33. The Bertz CT molecular complexity index is 1180. The Morgan fingerprint density at radius 2 is 2.13 bits per heavy atom. The molecule has 3 fully saturated rings. The number of nitrogens with zero attached hydrogens (tertiary/aromatic N) is 8. The molecule has 31 heavy (non-hydrogen) atoms. The number of hydrogen-bond acceptors (Lipinski definition) is 8. The molecule has 2 saturated heterocycles. The molecular formula is C21H24N10. The van der Waals surface area contributed by atoms with Gasteiger partial charge in [0.2, 0.25) is 5.95 Å². The molecule has 158 valence electrons. The summed E-state index contributed by atoms with van der Waals surface area (Å²) in [6.07, 6.45) is 11.8. The number of H-pyrrole nitrogens is 1. The van der Waals surface area contributed by atoms with E-state index in [4.69, 9.17) is 0 Å². The number of rotatable bonds is 4. The van der Waals surface area contributed by atoms with Crippen molar-refractivity contribution in [1.29, 1.82) is 0 Å². The van der Waals surface area contributed by atoms with Crippen molar-refractivity contribution in [2.24, 2.45) is 5.92 Å². The first-order valence-corrected chi connectivity index (χ1v) is 10.8. The fourth-order valence-electron chi connectivity index (χ4n) is 5.11. The summed E-state index contributed by atoms with van der Waals surface area (Å²) in [4.78, 5) is 10.9. The quantitative estimate of drug-likeness (QED) is 0.519. The summed E-state index contributed by atoms with van der Waals surface area (Å²) in [5, 5.41) is 25.1. The molecule has 2 aliphatic heterocycles. The van der Waals surface area contributed by atoms with Crippen molar-refractivity contribution < 1.29 is 0 Å². The Morgan fingerprint density at radius 3 is 2.97 bits per heavy atom. The molecule has 0 unspecified atom stereocenters. The second-order valence-electron chi connectivity index (χ2n) is 8.48. The van der Waals surface area contributed by atoms with Crippen LogP contribution in [0.1, 0.15) is 25.7 Å². The first-order valence-electron chi connectivity index (χ1n) is 10.8. The molecule has 3 atom stereocenters. The zero-order valence-electron chi connectivity index (χ0n) is 17.3. The van der Waals surface area contributed by atoms with Crippen LogP contribution in [-0.2, 0) is 0 Å². The maximum absolute atomic E-state index is 4.68. The van der Waals surface area contributed by atoms with Crippen LogP contribution in [0.3, 0.4) is 0 Å². The Hall–Kier alpha value is -3.40. The summed E-state index contributed by atoms with van der Waals surface area (Å²) in [5.74, 6) is 1.32. The van der Waals surface area contributed by atoms with Gasteiger partial charge >= 0.3 is 0 Å². The Morgan fingerprint density at radius 1 is 1.16 bits per heavy atom. The maximum atomic E-state index is 4.68. The molecule has 3 aliphatic rings. The summed E-state index contributed by atoms with van der Waals surface area (Å²) in [6.45, 7) is 1.09. The predicted octanol–water partition coefficient (Wildman–Crippen LogP) is 1.96. The number of benzene rings is 1. The molecule has 2 N–H and O–H groups in total. The van der Waals surface area contributed by atoms with E-state index in [0.29, 0.717) is 23.9 Å². The van der Waals surface area contributed by atoms with Gasteiger partial charge in [0.15, 0.2) is 0 Å². The Balaban J connectivity index is 1.30. The summed E-state index contributed by atoms with van der Waals surface area (Å²) in [5.41, 5.74) is 3.40. The lowest BCUT2D eigenvalue weighted by molar-refractivity contribution is 0.287. The van der Waals surface area contributed by atoms with E-state index < -0.39 is 0 Å². The zero-order valence-corrected chi connectivity index (χ0v) is 17.3. The van der Waals surface area contributed by atoms with Gasteiger partial charge in [-0.1, -0.05) is 6.42 Å². The van der Waals surface area contributed by atoms with Crippen LogP contribution in [0.5, 0.6) is 0 Å². The van der Waals surface area contributed by atoms with Crippen molar-refractivity contribution in [3.8, 4) is 16.9 Å². The standard InChI is InChI=1S/C21H24N10/c1-30(19-7-14-4-2-3-13(19)8-23-14)21-24-10-17(27-29-21)15-5-6-18(31-12-22-11-26-31)20-16(15)9-25-28-20/h5-6,9-14,19,23H,2-4,7-8H2,1H3,(H,25,28)/t13-,14-,19+/m1/s1. The molecule has 1 aromatic carbocycles. The lowest BCUT2D eigenvalue weighted by Gasteiger charge is -2.39. The van der Waals surface area contributed by atoms with Crippen molar-refractivity contribution >= 4 is 16.9 Å². The summed E-state index contributed by atoms with van der Waals surface area (Å²) in [6, 6.07) is 5.04. The number of anilines is 1. The van der Waals surface area contributed by atoms with Gasteiger partial charge in [0.05, 0.1) is 23.6 Å². The van der Waals surface area contributed by atoms with Crippen LogP contribution in [0.4, 0.5) is 5.95 Å². The fraction of sp³-hybridized carbons (Fsp3) is 0.429. The van der Waals surface area contributed by atoms with Gasteiger partial charge in [-0.3, -0.25) is 5.10 Å². The molecule has 10 heteroatoms. The molecule has 10 nitrogen and oxygen atoms in total. The summed E-state index contributed by atoms with van der Waals surface area (Å²) >= 11 is 0. The molecule has 0 amide bonds. The molecule has 0 spiro atoms. The van der Waals surface area contributed by atoms with Gasteiger partial charge in [-0.2, -0.15) is 10.2 Å². The van der Waals surface area contributed by atoms with Crippen molar-refractivity contribution in [1.82, 2.24) is 45.5 Å². The largest absolute Gasteiger partial charge is 0.339 e. The minimum absolute atomic E-state index is 0.462. The van der Waals surface area contributed by atoms with Gasteiger partial charge < -0.3 is 10.2 Å². The number of aromatic nitrogens is 8. The second kappa shape index (κ2) is 7.38. The number of aromatic amines is 1. The number of nitrogens with one attached hydrogen (secondary N) is 2. The van der Waals surface area contributed by atoms with E-state index in [9.17, 15) is 0 Å². The van der Waals surface area contributed by atoms with E-state index in [2.05, 4.69) is 52.7 Å². The molecule has 1 aliphatic carbocycles. The van der Waals surface area contributed by atoms with Gasteiger partial charge in [-0.15, -0.1) is 10.2 Å². The normalized spacial score (nSPS) is 23.2. The Labute approximate surface area is 179 Å². The molecule has 1 saturated carbocycles. The SMILES string of the molecule is CN(c1ncc(-c2ccc(-n3cncn3)c3[nH]ncc23)nn1)[C@H]1C[C@H]2CCC[C@@H]1CN2. The third-order valence-electron chi connectivity index (χ3n) is 6.76. The smallest absolute Gasteiger partial charge is 0.245 e. The van der Waals surface area contributed by atoms with Crippen LogP contribution in [0.25, 0.3) is 27.8 Å². The minimum atomic E-state index is 0.462. The molecule has 2 bridgehead atoms. The molecule has 0 radical (unpaired) electrons.